The van der Waals surface area contributed by atoms with Gasteiger partial charge in [-0.2, -0.15) is 0 Å². The molecule has 1 atom stereocenters. The lowest BCUT2D eigenvalue weighted by atomic mass is 10.1. The highest BCUT2D eigenvalue weighted by Crippen LogP contribution is 2.30. The van der Waals surface area contributed by atoms with Crippen molar-refractivity contribution in [2.75, 3.05) is 12.4 Å². The molecule has 0 spiro atoms. The lowest BCUT2D eigenvalue weighted by Gasteiger charge is -2.13. The summed E-state index contributed by atoms with van der Waals surface area (Å²) in [6.07, 6.45) is 0. The van der Waals surface area contributed by atoms with E-state index in [4.69, 9.17) is 9.15 Å². The summed E-state index contributed by atoms with van der Waals surface area (Å²) in [5.74, 6) is 0.897. The number of aromatic nitrogens is 2. The lowest BCUT2D eigenvalue weighted by molar-refractivity contribution is -0.115. The zero-order chi connectivity index (χ0) is 19.4. The Hall–Kier alpha value is -2.80. The Labute approximate surface area is 162 Å². The van der Waals surface area contributed by atoms with Crippen LogP contribution in [-0.4, -0.2) is 28.5 Å². The molecule has 1 N–H and O–H groups in total. The number of aryl methyl sites for hydroxylation is 2. The normalized spacial score (nSPS) is 11.9. The van der Waals surface area contributed by atoms with Crippen LogP contribution in [-0.2, 0) is 4.79 Å². The van der Waals surface area contributed by atoms with E-state index in [1.54, 1.807) is 14.0 Å². The second-order valence-electron chi connectivity index (χ2n) is 6.14. The van der Waals surface area contributed by atoms with E-state index < -0.39 is 5.25 Å². The number of carbonyl (C=O) groups excluding carboxylic acids is 1. The van der Waals surface area contributed by atoms with E-state index in [2.05, 4.69) is 15.5 Å². The van der Waals surface area contributed by atoms with Gasteiger partial charge in [-0.15, -0.1) is 10.2 Å². The molecule has 0 saturated heterocycles. The number of hydrogen-bond acceptors (Lipinski definition) is 6. The maximum atomic E-state index is 12.5. The van der Waals surface area contributed by atoms with Crippen LogP contribution >= 0.6 is 11.8 Å². The minimum atomic E-state index is -0.416. The van der Waals surface area contributed by atoms with Gasteiger partial charge in [0.2, 0.25) is 11.8 Å². The number of rotatable bonds is 6. The summed E-state index contributed by atoms with van der Waals surface area (Å²) in [5, 5.41) is 11.0. The standard InChI is InChI=1S/C20H21N3O3S/c1-12-9-10-17(25-4)16(11-12)21-18(24)14(3)27-20-23-22-19(26-20)15-8-6-5-7-13(15)2/h5-11,14H,1-4H3,(H,21,24)/t14-/m1/s1. The second-order valence-corrected chi connectivity index (χ2v) is 7.43. The summed E-state index contributed by atoms with van der Waals surface area (Å²) in [4.78, 5) is 12.5. The summed E-state index contributed by atoms with van der Waals surface area (Å²) in [6.45, 7) is 5.73. The Morgan fingerprint density at radius 3 is 2.70 bits per heavy atom. The lowest BCUT2D eigenvalue weighted by Crippen LogP contribution is -2.22. The van der Waals surface area contributed by atoms with Crippen molar-refractivity contribution in [2.24, 2.45) is 0 Å². The molecule has 140 valence electrons. The molecule has 0 fully saturated rings. The number of benzene rings is 2. The molecule has 1 amide bonds. The molecule has 3 aromatic rings. The number of methoxy groups -OCH3 is 1. The van der Waals surface area contributed by atoms with Crippen molar-refractivity contribution in [1.82, 2.24) is 10.2 Å². The van der Waals surface area contributed by atoms with Gasteiger partial charge in [-0.05, 0) is 50.1 Å². The first-order chi connectivity index (χ1) is 13.0. The molecule has 1 heterocycles. The number of amides is 1. The molecule has 0 aliphatic rings. The van der Waals surface area contributed by atoms with Gasteiger partial charge < -0.3 is 14.5 Å². The Balaban J connectivity index is 1.69. The minimum absolute atomic E-state index is 0.167. The number of nitrogens with zero attached hydrogens (tertiary/aromatic N) is 2. The fourth-order valence-electron chi connectivity index (χ4n) is 2.54. The van der Waals surface area contributed by atoms with E-state index in [-0.39, 0.29) is 5.91 Å². The Kier molecular flexibility index (Phi) is 5.81. The molecule has 0 aliphatic carbocycles. The van der Waals surface area contributed by atoms with Crippen LogP contribution in [0.5, 0.6) is 5.75 Å². The first-order valence-electron chi connectivity index (χ1n) is 8.49. The van der Waals surface area contributed by atoms with Gasteiger partial charge in [0.1, 0.15) is 5.75 Å². The van der Waals surface area contributed by atoms with E-state index in [0.717, 1.165) is 16.7 Å². The zero-order valence-corrected chi connectivity index (χ0v) is 16.5. The quantitative estimate of drug-likeness (QED) is 0.632. The van der Waals surface area contributed by atoms with Gasteiger partial charge in [0.15, 0.2) is 0 Å². The summed E-state index contributed by atoms with van der Waals surface area (Å²) in [6, 6.07) is 13.4. The third-order valence-corrected chi connectivity index (χ3v) is 4.98. The van der Waals surface area contributed by atoms with Crippen molar-refractivity contribution in [3.8, 4) is 17.2 Å². The van der Waals surface area contributed by atoms with E-state index in [1.807, 2.05) is 56.3 Å². The van der Waals surface area contributed by atoms with Crippen LogP contribution in [0.4, 0.5) is 5.69 Å². The molecule has 3 rings (SSSR count). The van der Waals surface area contributed by atoms with Crippen LogP contribution in [0.1, 0.15) is 18.1 Å². The van der Waals surface area contributed by atoms with Gasteiger partial charge in [-0.25, -0.2) is 0 Å². The average Bonchev–Trinajstić information content (AvgIpc) is 3.10. The number of thioether (sulfide) groups is 1. The molecular formula is C20H21N3O3S. The Bertz CT molecular complexity index is 955. The number of nitrogens with one attached hydrogen (secondary N) is 1. The maximum Gasteiger partial charge on any atom is 0.277 e. The van der Waals surface area contributed by atoms with Gasteiger partial charge >= 0.3 is 0 Å². The highest BCUT2D eigenvalue weighted by atomic mass is 32.2. The van der Waals surface area contributed by atoms with Crippen LogP contribution in [0.15, 0.2) is 52.1 Å². The van der Waals surface area contributed by atoms with Crippen LogP contribution in [0, 0.1) is 13.8 Å². The van der Waals surface area contributed by atoms with E-state index in [9.17, 15) is 4.79 Å². The molecule has 6 nitrogen and oxygen atoms in total. The number of carbonyl (C=O) groups is 1. The van der Waals surface area contributed by atoms with Crippen molar-refractivity contribution in [3.05, 3.63) is 53.6 Å². The van der Waals surface area contributed by atoms with Crippen LogP contribution < -0.4 is 10.1 Å². The largest absolute Gasteiger partial charge is 0.495 e. The highest BCUT2D eigenvalue weighted by Gasteiger charge is 2.20. The smallest absolute Gasteiger partial charge is 0.277 e. The molecule has 0 bridgehead atoms. The molecule has 7 heteroatoms. The van der Waals surface area contributed by atoms with Crippen molar-refractivity contribution >= 4 is 23.4 Å². The number of ether oxygens (including phenoxy) is 1. The van der Waals surface area contributed by atoms with E-state index in [0.29, 0.717) is 22.6 Å². The molecule has 0 radical (unpaired) electrons. The monoisotopic (exact) mass is 383 g/mol. The van der Waals surface area contributed by atoms with Crippen molar-refractivity contribution in [3.63, 3.8) is 0 Å². The van der Waals surface area contributed by atoms with Crippen LogP contribution in [0.25, 0.3) is 11.5 Å². The molecule has 0 unspecified atom stereocenters. The fourth-order valence-corrected chi connectivity index (χ4v) is 3.22. The van der Waals surface area contributed by atoms with Gasteiger partial charge in [0.25, 0.3) is 5.22 Å². The SMILES string of the molecule is COc1ccc(C)cc1NC(=O)[C@@H](C)Sc1nnc(-c2ccccc2C)o1. The molecule has 0 saturated carbocycles. The van der Waals surface area contributed by atoms with Crippen LogP contribution in [0.3, 0.4) is 0 Å². The summed E-state index contributed by atoms with van der Waals surface area (Å²) in [5.41, 5.74) is 3.61. The van der Waals surface area contributed by atoms with Gasteiger partial charge in [0, 0.05) is 5.56 Å². The van der Waals surface area contributed by atoms with Gasteiger partial charge in [-0.1, -0.05) is 36.0 Å². The average molecular weight is 383 g/mol. The van der Waals surface area contributed by atoms with Crippen molar-refractivity contribution < 1.29 is 13.9 Å². The number of anilines is 1. The topological polar surface area (TPSA) is 77.2 Å². The van der Waals surface area contributed by atoms with Gasteiger partial charge in [-0.3, -0.25) is 4.79 Å². The Morgan fingerprint density at radius 2 is 1.96 bits per heavy atom. The second kappa shape index (κ2) is 8.26. The third kappa shape index (κ3) is 4.49. The fraction of sp³-hybridized carbons (Fsp3) is 0.250. The molecule has 0 aliphatic heterocycles. The first-order valence-corrected chi connectivity index (χ1v) is 9.37. The number of hydrogen-bond donors (Lipinski definition) is 1. The summed E-state index contributed by atoms with van der Waals surface area (Å²) in [7, 11) is 1.57. The highest BCUT2D eigenvalue weighted by molar-refractivity contribution is 8.00. The van der Waals surface area contributed by atoms with Crippen LogP contribution in [0.2, 0.25) is 0 Å². The molecule has 2 aromatic carbocycles. The molecule has 1 aromatic heterocycles. The predicted molar refractivity (Wildman–Crippen MR) is 106 cm³/mol. The first kappa shape index (κ1) is 19.0. The molecular weight excluding hydrogens is 362 g/mol. The summed E-state index contributed by atoms with van der Waals surface area (Å²) >= 11 is 1.22. The third-order valence-electron chi connectivity index (χ3n) is 4.04. The zero-order valence-electron chi connectivity index (χ0n) is 15.6. The minimum Gasteiger partial charge on any atom is -0.495 e. The maximum absolute atomic E-state index is 12.5. The molecule has 27 heavy (non-hydrogen) atoms. The van der Waals surface area contributed by atoms with E-state index >= 15 is 0 Å². The predicted octanol–water partition coefficient (Wildman–Crippen LogP) is 4.48. The van der Waals surface area contributed by atoms with Crippen molar-refractivity contribution in [2.45, 2.75) is 31.2 Å². The van der Waals surface area contributed by atoms with E-state index in [1.165, 1.54) is 11.8 Å². The van der Waals surface area contributed by atoms with Crippen molar-refractivity contribution in [1.29, 1.82) is 0 Å². The summed E-state index contributed by atoms with van der Waals surface area (Å²) < 4.78 is 11.0. The van der Waals surface area contributed by atoms with Gasteiger partial charge in [0.05, 0.1) is 18.0 Å². The Morgan fingerprint density at radius 1 is 1.19 bits per heavy atom.